The zero-order chi connectivity index (χ0) is 12.3. The summed E-state index contributed by atoms with van der Waals surface area (Å²) >= 11 is 1.91. The van der Waals surface area contributed by atoms with Gasteiger partial charge in [0.25, 0.3) is 5.91 Å². The van der Waals surface area contributed by atoms with Crippen LogP contribution in [0.25, 0.3) is 0 Å². The Hall–Kier alpha value is -1.23. The van der Waals surface area contributed by atoms with Gasteiger partial charge in [0.15, 0.2) is 0 Å². The third-order valence-corrected chi connectivity index (χ3v) is 3.78. The maximum absolute atomic E-state index is 12.3. The lowest BCUT2D eigenvalue weighted by atomic mass is 10.2. The molecule has 0 bridgehead atoms. The van der Waals surface area contributed by atoms with Gasteiger partial charge in [0.1, 0.15) is 5.82 Å². The van der Waals surface area contributed by atoms with Crippen molar-refractivity contribution in [3.63, 3.8) is 0 Å². The lowest BCUT2D eigenvalue weighted by molar-refractivity contribution is 0.0768. The highest BCUT2D eigenvalue weighted by molar-refractivity contribution is 7.99. The Morgan fingerprint density at radius 3 is 3.00 bits per heavy atom. The van der Waals surface area contributed by atoms with E-state index in [0.29, 0.717) is 11.4 Å². The number of carbonyl (C=O) groups is 1. The SMILES string of the molecule is Cc1cc(C(=O)N2CCCSCC2)cc(N)n1. The Balaban J connectivity index is 2.17. The molecule has 0 saturated carbocycles. The highest BCUT2D eigenvalue weighted by Gasteiger charge is 2.18. The third kappa shape index (κ3) is 3.12. The Labute approximate surface area is 106 Å². The summed E-state index contributed by atoms with van der Waals surface area (Å²) in [5, 5.41) is 0. The van der Waals surface area contributed by atoms with Gasteiger partial charge < -0.3 is 10.6 Å². The second-order valence-electron chi connectivity index (χ2n) is 4.18. The predicted molar refractivity (Wildman–Crippen MR) is 71.2 cm³/mol. The van der Waals surface area contributed by atoms with Gasteiger partial charge in [-0.15, -0.1) is 0 Å². The summed E-state index contributed by atoms with van der Waals surface area (Å²) in [6, 6.07) is 3.46. The van der Waals surface area contributed by atoms with Crippen LogP contribution in [-0.2, 0) is 0 Å². The average molecular weight is 251 g/mol. The van der Waals surface area contributed by atoms with Crippen molar-refractivity contribution in [2.45, 2.75) is 13.3 Å². The number of aromatic nitrogens is 1. The van der Waals surface area contributed by atoms with Gasteiger partial charge in [0, 0.05) is 30.1 Å². The third-order valence-electron chi connectivity index (χ3n) is 2.73. The van der Waals surface area contributed by atoms with Crippen LogP contribution >= 0.6 is 11.8 Å². The minimum absolute atomic E-state index is 0.0738. The number of thioether (sulfide) groups is 1. The molecule has 1 aliphatic heterocycles. The van der Waals surface area contributed by atoms with Crippen LogP contribution < -0.4 is 5.73 Å². The number of pyridine rings is 1. The molecule has 1 saturated heterocycles. The molecule has 0 spiro atoms. The lowest BCUT2D eigenvalue weighted by Gasteiger charge is -2.20. The van der Waals surface area contributed by atoms with E-state index in [9.17, 15) is 4.79 Å². The van der Waals surface area contributed by atoms with Crippen LogP contribution in [0.5, 0.6) is 0 Å². The molecule has 1 aliphatic rings. The largest absolute Gasteiger partial charge is 0.384 e. The molecule has 0 atom stereocenters. The first-order valence-electron chi connectivity index (χ1n) is 5.78. The van der Waals surface area contributed by atoms with Gasteiger partial charge in [-0.1, -0.05) is 0 Å². The molecule has 92 valence electrons. The van der Waals surface area contributed by atoms with Gasteiger partial charge >= 0.3 is 0 Å². The first-order chi connectivity index (χ1) is 8.16. The van der Waals surface area contributed by atoms with Crippen molar-refractivity contribution in [1.82, 2.24) is 9.88 Å². The molecule has 0 unspecified atom stereocenters. The monoisotopic (exact) mass is 251 g/mol. The average Bonchev–Trinajstić information content (AvgIpc) is 2.55. The zero-order valence-electron chi connectivity index (χ0n) is 9.98. The Morgan fingerprint density at radius 1 is 1.41 bits per heavy atom. The molecule has 4 nitrogen and oxygen atoms in total. The molecule has 0 aromatic carbocycles. The maximum atomic E-state index is 12.3. The molecule has 0 aliphatic carbocycles. The Kier molecular flexibility index (Phi) is 3.89. The van der Waals surface area contributed by atoms with Gasteiger partial charge in [-0.3, -0.25) is 4.79 Å². The molecule has 5 heteroatoms. The summed E-state index contributed by atoms with van der Waals surface area (Å²) in [7, 11) is 0. The van der Waals surface area contributed by atoms with E-state index in [4.69, 9.17) is 5.73 Å². The van der Waals surface area contributed by atoms with Gasteiger partial charge in [0.2, 0.25) is 0 Å². The number of carbonyl (C=O) groups excluding carboxylic acids is 1. The van der Waals surface area contributed by atoms with E-state index < -0.39 is 0 Å². The Morgan fingerprint density at radius 2 is 2.24 bits per heavy atom. The summed E-state index contributed by atoms with van der Waals surface area (Å²) in [5.41, 5.74) is 7.12. The highest BCUT2D eigenvalue weighted by atomic mass is 32.2. The van der Waals surface area contributed by atoms with E-state index in [0.717, 1.165) is 36.7 Å². The maximum Gasteiger partial charge on any atom is 0.254 e. The summed E-state index contributed by atoms with van der Waals surface area (Å²) in [6.07, 6.45) is 1.07. The number of nitrogens with zero attached hydrogens (tertiary/aromatic N) is 2. The number of hydrogen-bond acceptors (Lipinski definition) is 4. The lowest BCUT2D eigenvalue weighted by Crippen LogP contribution is -2.33. The number of nitrogen functional groups attached to an aromatic ring is 1. The van der Waals surface area contributed by atoms with Crippen molar-refractivity contribution in [3.05, 3.63) is 23.4 Å². The Bertz CT molecular complexity index is 394. The molecule has 2 heterocycles. The fourth-order valence-corrected chi connectivity index (χ4v) is 2.84. The second-order valence-corrected chi connectivity index (χ2v) is 5.40. The van der Waals surface area contributed by atoms with Crippen molar-refractivity contribution in [1.29, 1.82) is 0 Å². The van der Waals surface area contributed by atoms with Crippen LogP contribution in [0.3, 0.4) is 0 Å². The first kappa shape index (κ1) is 12.2. The standard InChI is InChI=1S/C12H17N3OS/c1-9-7-10(8-11(13)14-9)12(16)15-3-2-5-17-6-4-15/h7-8H,2-6H2,1H3,(H2,13,14). The van der Waals surface area contributed by atoms with Crippen LogP contribution in [-0.4, -0.2) is 40.4 Å². The van der Waals surface area contributed by atoms with Gasteiger partial charge in [-0.05, 0) is 31.2 Å². The van der Waals surface area contributed by atoms with E-state index >= 15 is 0 Å². The van der Waals surface area contributed by atoms with Crippen molar-refractivity contribution in [2.24, 2.45) is 0 Å². The van der Waals surface area contributed by atoms with E-state index in [1.165, 1.54) is 0 Å². The first-order valence-corrected chi connectivity index (χ1v) is 6.93. The van der Waals surface area contributed by atoms with Crippen LogP contribution in [0.2, 0.25) is 0 Å². The molecule has 1 aromatic heterocycles. The molecule has 1 amide bonds. The fraction of sp³-hybridized carbons (Fsp3) is 0.500. The van der Waals surface area contributed by atoms with Crippen molar-refractivity contribution >= 4 is 23.5 Å². The van der Waals surface area contributed by atoms with Gasteiger partial charge in [0.05, 0.1) is 0 Å². The van der Waals surface area contributed by atoms with E-state index in [2.05, 4.69) is 4.98 Å². The summed E-state index contributed by atoms with van der Waals surface area (Å²) in [4.78, 5) is 18.3. The number of amides is 1. The van der Waals surface area contributed by atoms with Crippen molar-refractivity contribution in [2.75, 3.05) is 30.3 Å². The molecule has 0 radical (unpaired) electrons. The van der Waals surface area contributed by atoms with E-state index in [1.807, 2.05) is 23.6 Å². The minimum Gasteiger partial charge on any atom is -0.384 e. The predicted octanol–water partition coefficient (Wildman–Crippen LogP) is 1.55. The van der Waals surface area contributed by atoms with Crippen LogP contribution in [0.1, 0.15) is 22.5 Å². The molecular formula is C12H17N3OS. The fourth-order valence-electron chi connectivity index (χ4n) is 1.95. The molecular weight excluding hydrogens is 234 g/mol. The molecule has 1 aromatic rings. The summed E-state index contributed by atoms with van der Waals surface area (Å²) in [6.45, 7) is 3.52. The smallest absolute Gasteiger partial charge is 0.254 e. The topological polar surface area (TPSA) is 59.2 Å². The molecule has 1 fully saturated rings. The number of rotatable bonds is 1. The second kappa shape index (κ2) is 5.40. The summed E-state index contributed by atoms with van der Waals surface area (Å²) in [5.74, 6) is 2.65. The van der Waals surface area contributed by atoms with E-state index in [1.54, 1.807) is 12.1 Å². The van der Waals surface area contributed by atoms with Gasteiger partial charge in [-0.25, -0.2) is 4.98 Å². The molecule has 17 heavy (non-hydrogen) atoms. The number of hydrogen-bond donors (Lipinski definition) is 1. The van der Waals surface area contributed by atoms with Crippen LogP contribution in [0.4, 0.5) is 5.82 Å². The number of nitrogens with two attached hydrogens (primary N) is 1. The zero-order valence-corrected chi connectivity index (χ0v) is 10.8. The van der Waals surface area contributed by atoms with Crippen LogP contribution in [0.15, 0.2) is 12.1 Å². The van der Waals surface area contributed by atoms with Crippen LogP contribution in [0, 0.1) is 6.92 Å². The van der Waals surface area contributed by atoms with E-state index in [-0.39, 0.29) is 5.91 Å². The normalized spacial score (nSPS) is 16.6. The van der Waals surface area contributed by atoms with Crippen molar-refractivity contribution in [3.8, 4) is 0 Å². The molecule has 2 N–H and O–H groups in total. The summed E-state index contributed by atoms with van der Waals surface area (Å²) < 4.78 is 0. The quantitative estimate of drug-likeness (QED) is 0.822. The highest BCUT2D eigenvalue weighted by Crippen LogP contribution is 2.15. The minimum atomic E-state index is 0.0738. The number of aryl methyl sites for hydroxylation is 1. The van der Waals surface area contributed by atoms with Gasteiger partial charge in [-0.2, -0.15) is 11.8 Å². The number of anilines is 1. The molecule has 2 rings (SSSR count). The van der Waals surface area contributed by atoms with Crippen molar-refractivity contribution < 1.29 is 4.79 Å².